The van der Waals surface area contributed by atoms with Gasteiger partial charge in [0.2, 0.25) is 10.0 Å². The number of carbonyl (C=O) groups excluding carboxylic acids is 2. The molecule has 172 valence electrons. The predicted molar refractivity (Wildman–Crippen MR) is 113 cm³/mol. The Morgan fingerprint density at radius 1 is 1.10 bits per heavy atom. The maximum Gasteiger partial charge on any atom is 0.310 e. The van der Waals surface area contributed by atoms with Gasteiger partial charge < -0.3 is 9.64 Å². The highest BCUT2D eigenvalue weighted by Crippen LogP contribution is 2.25. The molecule has 0 N–H and O–H groups in total. The zero-order valence-electron chi connectivity index (χ0n) is 18.0. The zero-order chi connectivity index (χ0) is 22.4. The van der Waals surface area contributed by atoms with Gasteiger partial charge in [0, 0.05) is 25.7 Å². The average Bonchev–Trinajstić information content (AvgIpc) is 2.79. The Morgan fingerprint density at radius 3 is 2.42 bits per heavy atom. The summed E-state index contributed by atoms with van der Waals surface area (Å²) in [5, 5.41) is 0. The summed E-state index contributed by atoms with van der Waals surface area (Å²) in [7, 11) is -3.82. The van der Waals surface area contributed by atoms with Crippen molar-refractivity contribution in [2.45, 2.75) is 62.8 Å². The zero-order valence-corrected chi connectivity index (χ0v) is 18.8. The number of esters is 1. The molecular weight excluding hydrogens is 423 g/mol. The molecule has 1 aliphatic heterocycles. The Kier molecular flexibility index (Phi) is 8.05. The van der Waals surface area contributed by atoms with Crippen LogP contribution in [0.2, 0.25) is 0 Å². The van der Waals surface area contributed by atoms with Crippen molar-refractivity contribution in [2.75, 3.05) is 26.2 Å². The summed E-state index contributed by atoms with van der Waals surface area (Å²) in [5.41, 5.74) is 0. The van der Waals surface area contributed by atoms with Crippen molar-refractivity contribution >= 4 is 21.9 Å². The number of piperidine rings is 1. The van der Waals surface area contributed by atoms with E-state index in [1.807, 2.05) is 6.92 Å². The van der Waals surface area contributed by atoms with Crippen LogP contribution in [0.1, 0.15) is 51.9 Å². The van der Waals surface area contributed by atoms with Crippen LogP contribution in [-0.2, 0) is 24.3 Å². The highest BCUT2D eigenvalue weighted by molar-refractivity contribution is 7.89. The fraction of sp³-hybridized carbons (Fsp3) is 0.636. The largest absolute Gasteiger partial charge is 0.455 e. The third-order valence-corrected chi connectivity index (χ3v) is 8.06. The van der Waals surface area contributed by atoms with Crippen LogP contribution >= 0.6 is 0 Å². The van der Waals surface area contributed by atoms with Gasteiger partial charge in [-0.3, -0.25) is 9.59 Å². The van der Waals surface area contributed by atoms with Gasteiger partial charge in [0.1, 0.15) is 5.82 Å². The summed E-state index contributed by atoms with van der Waals surface area (Å²) in [6.07, 6.45) is 6.37. The van der Waals surface area contributed by atoms with Gasteiger partial charge in [-0.25, -0.2) is 12.8 Å². The fourth-order valence-electron chi connectivity index (χ4n) is 4.47. The van der Waals surface area contributed by atoms with Crippen LogP contribution in [0.5, 0.6) is 0 Å². The number of rotatable bonds is 7. The van der Waals surface area contributed by atoms with Crippen LogP contribution in [0.15, 0.2) is 29.2 Å². The summed E-state index contributed by atoms with van der Waals surface area (Å²) in [6.45, 7) is 2.47. The molecule has 1 saturated heterocycles. The molecular formula is C22H31FN2O5S. The fourth-order valence-corrected chi connectivity index (χ4v) is 6.00. The van der Waals surface area contributed by atoms with Crippen LogP contribution in [0, 0.1) is 11.7 Å². The summed E-state index contributed by atoms with van der Waals surface area (Å²) in [4.78, 5) is 27.0. The van der Waals surface area contributed by atoms with Crippen LogP contribution < -0.4 is 0 Å². The molecule has 1 aromatic carbocycles. The third kappa shape index (κ3) is 5.83. The van der Waals surface area contributed by atoms with E-state index in [1.54, 1.807) is 4.90 Å². The van der Waals surface area contributed by atoms with E-state index in [0.29, 0.717) is 19.4 Å². The molecule has 1 aromatic rings. The van der Waals surface area contributed by atoms with Gasteiger partial charge in [-0.1, -0.05) is 19.3 Å². The molecule has 0 spiro atoms. The second-order valence-corrected chi connectivity index (χ2v) is 10.2. The van der Waals surface area contributed by atoms with Crippen molar-refractivity contribution in [1.29, 1.82) is 0 Å². The van der Waals surface area contributed by atoms with Crippen molar-refractivity contribution < 1.29 is 27.1 Å². The molecule has 1 saturated carbocycles. The first-order valence-electron chi connectivity index (χ1n) is 11.0. The molecule has 2 aliphatic rings. The van der Waals surface area contributed by atoms with Crippen LogP contribution in [-0.4, -0.2) is 61.8 Å². The quantitative estimate of drug-likeness (QED) is 0.592. The Hall–Kier alpha value is -2.00. The monoisotopic (exact) mass is 454 g/mol. The number of carbonyl (C=O) groups is 2. The second kappa shape index (κ2) is 10.5. The molecule has 3 rings (SSSR count). The molecule has 9 heteroatoms. The van der Waals surface area contributed by atoms with Crippen molar-refractivity contribution in [3.05, 3.63) is 30.1 Å². The van der Waals surface area contributed by atoms with Gasteiger partial charge in [-0.15, -0.1) is 0 Å². The minimum atomic E-state index is -3.82. The summed E-state index contributed by atoms with van der Waals surface area (Å²) < 4.78 is 45.3. The van der Waals surface area contributed by atoms with Gasteiger partial charge in [0.05, 0.1) is 10.8 Å². The van der Waals surface area contributed by atoms with E-state index in [4.69, 9.17) is 4.74 Å². The lowest BCUT2D eigenvalue weighted by Gasteiger charge is -2.34. The summed E-state index contributed by atoms with van der Waals surface area (Å²) in [6, 6.07) is 4.84. The van der Waals surface area contributed by atoms with Crippen molar-refractivity contribution in [2.24, 2.45) is 5.92 Å². The summed E-state index contributed by atoms with van der Waals surface area (Å²) >= 11 is 0. The molecule has 0 bridgehead atoms. The number of sulfonamides is 1. The summed E-state index contributed by atoms with van der Waals surface area (Å²) in [5.74, 6) is -1.89. The number of benzene rings is 1. The highest BCUT2D eigenvalue weighted by Gasteiger charge is 2.34. The first-order chi connectivity index (χ1) is 14.8. The Morgan fingerprint density at radius 2 is 1.77 bits per heavy atom. The molecule has 1 amide bonds. The van der Waals surface area contributed by atoms with E-state index in [0.717, 1.165) is 37.8 Å². The lowest BCUT2D eigenvalue weighted by atomic mass is 9.94. The van der Waals surface area contributed by atoms with E-state index >= 15 is 0 Å². The molecule has 2 fully saturated rings. The van der Waals surface area contributed by atoms with E-state index in [-0.39, 0.29) is 36.5 Å². The highest BCUT2D eigenvalue weighted by atomic mass is 32.2. The smallest absolute Gasteiger partial charge is 0.310 e. The first kappa shape index (κ1) is 23.7. The molecule has 0 radical (unpaired) electrons. The lowest BCUT2D eigenvalue weighted by Crippen LogP contribution is -2.45. The van der Waals surface area contributed by atoms with Crippen LogP contribution in [0.4, 0.5) is 4.39 Å². The van der Waals surface area contributed by atoms with Gasteiger partial charge in [0.25, 0.3) is 5.91 Å². The first-order valence-corrected chi connectivity index (χ1v) is 12.5. The Bertz CT molecular complexity index is 868. The second-order valence-electron chi connectivity index (χ2n) is 8.24. The van der Waals surface area contributed by atoms with E-state index in [1.165, 1.54) is 22.9 Å². The SMILES string of the molecule is CCN(C(=O)COC(=O)C1CCCN(S(=O)(=O)c2ccc(F)cc2)C1)C1CCCCC1. The molecule has 1 atom stereocenters. The maximum absolute atomic E-state index is 13.1. The lowest BCUT2D eigenvalue weighted by molar-refractivity contribution is -0.157. The number of ether oxygens (including phenoxy) is 1. The van der Waals surface area contributed by atoms with Crippen molar-refractivity contribution in [3.63, 3.8) is 0 Å². The Labute approximate surface area is 183 Å². The van der Waals surface area contributed by atoms with E-state index in [9.17, 15) is 22.4 Å². The van der Waals surface area contributed by atoms with Crippen molar-refractivity contribution in [1.82, 2.24) is 9.21 Å². The van der Waals surface area contributed by atoms with E-state index < -0.39 is 27.7 Å². The normalized spacial score (nSPS) is 20.9. The number of likely N-dealkylation sites (N-methyl/N-ethyl adjacent to an activating group) is 1. The predicted octanol–water partition coefficient (Wildman–Crippen LogP) is 2.95. The standard InChI is InChI=1S/C22H31FN2O5S/c1-2-25(19-8-4-3-5-9-19)21(26)16-30-22(27)17-7-6-14-24(15-17)31(28,29)20-12-10-18(23)11-13-20/h10-13,17,19H,2-9,14-16H2,1H3. The number of hydrogen-bond donors (Lipinski definition) is 0. The minimum absolute atomic E-state index is 0.00709. The minimum Gasteiger partial charge on any atom is -0.455 e. The molecule has 0 aromatic heterocycles. The third-order valence-electron chi connectivity index (χ3n) is 6.18. The van der Waals surface area contributed by atoms with Gasteiger partial charge >= 0.3 is 5.97 Å². The van der Waals surface area contributed by atoms with Crippen molar-refractivity contribution in [3.8, 4) is 0 Å². The number of hydrogen-bond acceptors (Lipinski definition) is 5. The van der Waals surface area contributed by atoms with E-state index in [2.05, 4.69) is 0 Å². The molecule has 7 nitrogen and oxygen atoms in total. The maximum atomic E-state index is 13.1. The number of amides is 1. The van der Waals surface area contributed by atoms with Gasteiger partial charge in [-0.2, -0.15) is 4.31 Å². The molecule has 1 aliphatic carbocycles. The number of halogens is 1. The van der Waals surface area contributed by atoms with Crippen LogP contribution in [0.25, 0.3) is 0 Å². The average molecular weight is 455 g/mol. The molecule has 31 heavy (non-hydrogen) atoms. The number of nitrogens with zero attached hydrogens (tertiary/aromatic N) is 2. The van der Waals surface area contributed by atoms with Gasteiger partial charge in [0.15, 0.2) is 6.61 Å². The molecule has 1 unspecified atom stereocenters. The van der Waals surface area contributed by atoms with Crippen LogP contribution in [0.3, 0.4) is 0 Å². The van der Waals surface area contributed by atoms with Gasteiger partial charge in [-0.05, 0) is 56.9 Å². The molecule has 1 heterocycles. The topological polar surface area (TPSA) is 84.0 Å². The Balaban J connectivity index is 1.56.